The minimum absolute atomic E-state index is 0.184. The lowest BCUT2D eigenvalue weighted by atomic mass is 9.99. The van der Waals surface area contributed by atoms with Gasteiger partial charge >= 0.3 is 0 Å². The van der Waals surface area contributed by atoms with Crippen molar-refractivity contribution < 1.29 is 4.79 Å². The molecule has 0 spiro atoms. The molecule has 2 rings (SSSR count). The van der Waals surface area contributed by atoms with Crippen LogP contribution in [0.1, 0.15) is 58.8 Å². The summed E-state index contributed by atoms with van der Waals surface area (Å²) in [4.78, 5) is 14.6. The van der Waals surface area contributed by atoms with Crippen LogP contribution >= 0.6 is 0 Å². The summed E-state index contributed by atoms with van der Waals surface area (Å²) in [5.41, 5.74) is 6.03. The molecule has 0 bridgehead atoms. The molecule has 4 heteroatoms. The van der Waals surface area contributed by atoms with Gasteiger partial charge in [0.15, 0.2) is 0 Å². The highest BCUT2D eigenvalue weighted by Gasteiger charge is 2.27. The normalized spacial score (nSPS) is 33.0. The number of carbonyl (C=O) groups is 1. The zero-order valence-corrected chi connectivity index (χ0v) is 13.1. The Bertz CT molecular complexity index is 321. The van der Waals surface area contributed by atoms with Crippen LogP contribution in [0.3, 0.4) is 0 Å². The second-order valence-corrected chi connectivity index (χ2v) is 6.79. The second kappa shape index (κ2) is 7.41. The van der Waals surface area contributed by atoms with E-state index in [1.165, 1.54) is 32.2 Å². The van der Waals surface area contributed by atoms with Crippen molar-refractivity contribution in [2.45, 2.75) is 76.9 Å². The van der Waals surface area contributed by atoms with Crippen LogP contribution in [0.25, 0.3) is 0 Å². The molecule has 1 saturated carbocycles. The minimum atomic E-state index is 0.184. The average molecular weight is 281 g/mol. The first-order valence-corrected chi connectivity index (χ1v) is 8.36. The molecule has 2 unspecified atom stereocenters. The van der Waals surface area contributed by atoms with Gasteiger partial charge in [0, 0.05) is 31.1 Å². The zero-order chi connectivity index (χ0) is 14.5. The van der Waals surface area contributed by atoms with Gasteiger partial charge in [-0.3, -0.25) is 9.69 Å². The maximum absolute atomic E-state index is 12.0. The highest BCUT2D eigenvalue weighted by atomic mass is 16.1. The van der Waals surface area contributed by atoms with Crippen LogP contribution in [0.15, 0.2) is 0 Å². The highest BCUT2D eigenvalue weighted by Crippen LogP contribution is 2.26. The SMILES string of the molecule is CC1CCCCN1C(C)CNC(=O)C[C@@H]1CCC[C@H]1N. The lowest BCUT2D eigenvalue weighted by Crippen LogP contribution is -2.48. The fourth-order valence-electron chi connectivity index (χ4n) is 3.78. The first-order chi connectivity index (χ1) is 9.58. The van der Waals surface area contributed by atoms with E-state index >= 15 is 0 Å². The van der Waals surface area contributed by atoms with Crippen molar-refractivity contribution in [2.75, 3.05) is 13.1 Å². The Labute approximate surface area is 123 Å². The zero-order valence-electron chi connectivity index (χ0n) is 13.1. The van der Waals surface area contributed by atoms with Gasteiger partial charge < -0.3 is 11.1 Å². The molecule has 0 aromatic carbocycles. The first kappa shape index (κ1) is 15.8. The molecule has 2 aliphatic rings. The van der Waals surface area contributed by atoms with Crippen LogP contribution < -0.4 is 11.1 Å². The lowest BCUT2D eigenvalue weighted by molar-refractivity contribution is -0.122. The Hall–Kier alpha value is -0.610. The minimum Gasteiger partial charge on any atom is -0.355 e. The second-order valence-electron chi connectivity index (χ2n) is 6.79. The summed E-state index contributed by atoms with van der Waals surface area (Å²) < 4.78 is 0. The number of hydrogen-bond donors (Lipinski definition) is 2. The van der Waals surface area contributed by atoms with E-state index in [0.717, 1.165) is 19.4 Å². The molecule has 1 amide bonds. The van der Waals surface area contributed by atoms with Gasteiger partial charge in [-0.15, -0.1) is 0 Å². The summed E-state index contributed by atoms with van der Waals surface area (Å²) >= 11 is 0. The van der Waals surface area contributed by atoms with Gasteiger partial charge in [-0.05, 0) is 52.0 Å². The maximum atomic E-state index is 12.0. The van der Waals surface area contributed by atoms with Gasteiger partial charge in [-0.25, -0.2) is 0 Å². The van der Waals surface area contributed by atoms with Crippen LogP contribution in [0, 0.1) is 5.92 Å². The fraction of sp³-hybridized carbons (Fsp3) is 0.938. The molecule has 0 radical (unpaired) electrons. The number of nitrogens with one attached hydrogen (secondary N) is 1. The van der Waals surface area contributed by atoms with E-state index in [-0.39, 0.29) is 11.9 Å². The molecule has 1 aliphatic carbocycles. The van der Waals surface area contributed by atoms with Crippen LogP contribution in [0.2, 0.25) is 0 Å². The average Bonchev–Trinajstić information content (AvgIpc) is 2.82. The summed E-state index contributed by atoms with van der Waals surface area (Å²) in [6.07, 6.45) is 7.92. The molecule has 2 fully saturated rings. The van der Waals surface area contributed by atoms with Gasteiger partial charge in [0.1, 0.15) is 0 Å². The number of nitrogens with two attached hydrogens (primary N) is 1. The summed E-state index contributed by atoms with van der Waals surface area (Å²) in [6.45, 7) is 6.47. The molecule has 4 atom stereocenters. The number of nitrogens with zero attached hydrogens (tertiary/aromatic N) is 1. The number of piperidine rings is 1. The molecule has 3 N–H and O–H groups in total. The van der Waals surface area contributed by atoms with Crippen molar-refractivity contribution in [3.05, 3.63) is 0 Å². The van der Waals surface area contributed by atoms with Crippen molar-refractivity contribution in [2.24, 2.45) is 11.7 Å². The van der Waals surface area contributed by atoms with E-state index in [1.54, 1.807) is 0 Å². The highest BCUT2D eigenvalue weighted by molar-refractivity contribution is 5.76. The van der Waals surface area contributed by atoms with Crippen molar-refractivity contribution in [3.63, 3.8) is 0 Å². The topological polar surface area (TPSA) is 58.4 Å². The van der Waals surface area contributed by atoms with Crippen LogP contribution in [0.5, 0.6) is 0 Å². The van der Waals surface area contributed by atoms with Crippen molar-refractivity contribution >= 4 is 5.91 Å². The summed E-state index contributed by atoms with van der Waals surface area (Å²) in [5.74, 6) is 0.586. The van der Waals surface area contributed by atoms with Gasteiger partial charge in [-0.1, -0.05) is 12.8 Å². The third-order valence-electron chi connectivity index (χ3n) is 5.18. The summed E-state index contributed by atoms with van der Waals surface area (Å²) in [6, 6.07) is 1.32. The van der Waals surface area contributed by atoms with Crippen molar-refractivity contribution in [1.29, 1.82) is 0 Å². The van der Waals surface area contributed by atoms with Gasteiger partial charge in [-0.2, -0.15) is 0 Å². The van der Waals surface area contributed by atoms with E-state index in [2.05, 4.69) is 24.1 Å². The molecule has 20 heavy (non-hydrogen) atoms. The first-order valence-electron chi connectivity index (χ1n) is 8.36. The third kappa shape index (κ3) is 4.19. The van der Waals surface area contributed by atoms with E-state index in [9.17, 15) is 4.79 Å². The van der Waals surface area contributed by atoms with Crippen LogP contribution in [-0.2, 0) is 4.79 Å². The van der Waals surface area contributed by atoms with Gasteiger partial charge in [0.25, 0.3) is 0 Å². The standard InChI is InChI=1S/C16H31N3O/c1-12-6-3-4-9-19(12)13(2)11-18-16(20)10-14-7-5-8-15(14)17/h12-15H,3-11,17H2,1-2H3,(H,18,20)/t12?,13?,14-,15+/m0/s1. The quantitative estimate of drug-likeness (QED) is 0.809. The molecule has 116 valence electrons. The Morgan fingerprint density at radius 2 is 2.10 bits per heavy atom. The molecule has 1 aliphatic heterocycles. The van der Waals surface area contributed by atoms with Crippen molar-refractivity contribution in [3.8, 4) is 0 Å². The molecular weight excluding hydrogens is 250 g/mol. The van der Waals surface area contributed by atoms with E-state index < -0.39 is 0 Å². The Morgan fingerprint density at radius 1 is 1.30 bits per heavy atom. The number of hydrogen-bond acceptors (Lipinski definition) is 3. The predicted molar refractivity (Wildman–Crippen MR) is 82.4 cm³/mol. The molecular formula is C16H31N3O. The summed E-state index contributed by atoms with van der Waals surface area (Å²) in [7, 11) is 0. The van der Waals surface area contributed by atoms with Crippen molar-refractivity contribution in [1.82, 2.24) is 10.2 Å². The molecule has 0 aromatic heterocycles. The molecule has 1 heterocycles. The Kier molecular flexibility index (Phi) is 5.85. The smallest absolute Gasteiger partial charge is 0.220 e. The third-order valence-corrected chi connectivity index (χ3v) is 5.18. The lowest BCUT2D eigenvalue weighted by Gasteiger charge is -2.38. The maximum Gasteiger partial charge on any atom is 0.220 e. The van der Waals surface area contributed by atoms with Crippen LogP contribution in [0.4, 0.5) is 0 Å². The Morgan fingerprint density at radius 3 is 2.75 bits per heavy atom. The van der Waals surface area contributed by atoms with E-state index in [4.69, 9.17) is 5.73 Å². The monoisotopic (exact) mass is 281 g/mol. The number of likely N-dealkylation sites (tertiary alicyclic amines) is 1. The number of carbonyl (C=O) groups excluding carboxylic acids is 1. The molecule has 0 aromatic rings. The van der Waals surface area contributed by atoms with Gasteiger partial charge in [0.05, 0.1) is 0 Å². The summed E-state index contributed by atoms with van der Waals surface area (Å²) in [5, 5.41) is 3.11. The fourth-order valence-corrected chi connectivity index (χ4v) is 3.78. The van der Waals surface area contributed by atoms with Gasteiger partial charge in [0.2, 0.25) is 5.91 Å². The predicted octanol–water partition coefficient (Wildman–Crippen LogP) is 1.88. The van der Waals surface area contributed by atoms with E-state index in [0.29, 0.717) is 24.4 Å². The molecule has 1 saturated heterocycles. The van der Waals surface area contributed by atoms with E-state index in [1.807, 2.05) is 0 Å². The van der Waals surface area contributed by atoms with Crippen LogP contribution in [-0.4, -0.2) is 42.0 Å². The largest absolute Gasteiger partial charge is 0.355 e. The molecule has 4 nitrogen and oxygen atoms in total. The number of amides is 1. The number of rotatable bonds is 5. The Balaban J connectivity index is 1.69.